The fraction of sp³-hybridized carbons (Fsp3) is 0.556. The SMILES string of the molecule is CC(C)C[C@H](NC(=O)[C@H](C)NC(=O)OC(C)(C)C)C(=O)N[C@@H](CC(=O)O)C(=O)N[C@@H](Cc1ccccc1)C(N)=O. The molecule has 0 saturated carbocycles. The number of carboxylic acids is 1. The van der Waals surface area contributed by atoms with Crippen LogP contribution in [0.3, 0.4) is 0 Å². The summed E-state index contributed by atoms with van der Waals surface area (Å²) in [7, 11) is 0. The number of aliphatic carboxylic acids is 1. The number of nitrogens with one attached hydrogen (secondary N) is 4. The van der Waals surface area contributed by atoms with Gasteiger partial charge in [0.05, 0.1) is 6.42 Å². The molecule has 0 radical (unpaired) electrons. The van der Waals surface area contributed by atoms with Crippen molar-refractivity contribution in [2.45, 2.75) is 90.6 Å². The van der Waals surface area contributed by atoms with Crippen molar-refractivity contribution in [1.82, 2.24) is 21.3 Å². The third kappa shape index (κ3) is 13.1. The molecule has 1 aromatic carbocycles. The first-order valence-corrected chi connectivity index (χ1v) is 12.9. The van der Waals surface area contributed by atoms with E-state index >= 15 is 0 Å². The Labute approximate surface area is 234 Å². The number of carbonyl (C=O) groups is 6. The van der Waals surface area contributed by atoms with E-state index < -0.39 is 71.9 Å². The lowest BCUT2D eigenvalue weighted by atomic mass is 10.0. The average molecular weight is 564 g/mol. The maximum absolute atomic E-state index is 13.2. The van der Waals surface area contributed by atoms with E-state index in [0.29, 0.717) is 5.56 Å². The molecule has 0 aliphatic carbocycles. The lowest BCUT2D eigenvalue weighted by molar-refractivity contribution is -0.141. The molecule has 0 aliphatic rings. The second kappa shape index (κ2) is 15.4. The normalized spacial score (nSPS) is 14.2. The summed E-state index contributed by atoms with van der Waals surface area (Å²) < 4.78 is 5.14. The van der Waals surface area contributed by atoms with Gasteiger partial charge in [0.15, 0.2) is 0 Å². The quantitative estimate of drug-likeness (QED) is 0.188. The van der Waals surface area contributed by atoms with Crippen LogP contribution in [0.25, 0.3) is 0 Å². The minimum atomic E-state index is -1.56. The predicted molar refractivity (Wildman–Crippen MR) is 146 cm³/mol. The summed E-state index contributed by atoms with van der Waals surface area (Å²) in [6, 6.07) is 3.79. The fourth-order valence-corrected chi connectivity index (χ4v) is 3.55. The lowest BCUT2D eigenvalue weighted by Crippen LogP contribution is -2.58. The highest BCUT2D eigenvalue weighted by atomic mass is 16.6. The van der Waals surface area contributed by atoms with Gasteiger partial charge in [-0.2, -0.15) is 0 Å². The maximum Gasteiger partial charge on any atom is 0.408 e. The average Bonchev–Trinajstić information content (AvgIpc) is 2.81. The van der Waals surface area contributed by atoms with Gasteiger partial charge in [0.1, 0.15) is 29.8 Å². The minimum Gasteiger partial charge on any atom is -0.481 e. The van der Waals surface area contributed by atoms with Gasteiger partial charge < -0.3 is 36.8 Å². The zero-order valence-corrected chi connectivity index (χ0v) is 23.8. The van der Waals surface area contributed by atoms with Crippen LogP contribution in [-0.2, 0) is 35.1 Å². The third-order valence-corrected chi connectivity index (χ3v) is 5.42. The molecule has 0 heterocycles. The number of rotatable bonds is 14. The van der Waals surface area contributed by atoms with Gasteiger partial charge in [-0.3, -0.25) is 24.0 Å². The number of hydrogen-bond donors (Lipinski definition) is 6. The first kappa shape index (κ1) is 33.9. The van der Waals surface area contributed by atoms with Crippen LogP contribution in [-0.4, -0.2) is 70.6 Å². The van der Waals surface area contributed by atoms with Crippen molar-refractivity contribution < 1.29 is 38.6 Å². The van der Waals surface area contributed by atoms with Crippen molar-refractivity contribution in [3.63, 3.8) is 0 Å². The van der Waals surface area contributed by atoms with Gasteiger partial charge in [0, 0.05) is 6.42 Å². The molecule has 13 heteroatoms. The number of hydrogen-bond acceptors (Lipinski definition) is 7. The van der Waals surface area contributed by atoms with E-state index in [1.165, 1.54) is 6.92 Å². The molecule has 222 valence electrons. The van der Waals surface area contributed by atoms with Crippen molar-refractivity contribution in [2.24, 2.45) is 11.7 Å². The smallest absolute Gasteiger partial charge is 0.408 e. The fourth-order valence-electron chi connectivity index (χ4n) is 3.55. The molecule has 1 aromatic rings. The monoisotopic (exact) mass is 563 g/mol. The molecule has 7 N–H and O–H groups in total. The molecule has 0 spiro atoms. The number of benzene rings is 1. The molecule has 13 nitrogen and oxygen atoms in total. The van der Waals surface area contributed by atoms with Gasteiger partial charge in [0.25, 0.3) is 0 Å². The standard InChI is InChI=1S/C27H41N5O8/c1-15(2)12-19(31-23(36)16(3)29-26(39)40-27(4,5)6)24(37)32-20(14-21(33)34)25(38)30-18(22(28)35)13-17-10-8-7-9-11-17/h7-11,15-16,18-20H,12-14H2,1-6H3,(H2,28,35)(H,29,39)(H,30,38)(H,31,36)(H,32,37)(H,33,34)/t16-,18-,19-,20-/m0/s1. The number of nitrogens with two attached hydrogens (primary N) is 1. The molecule has 1 rings (SSSR count). The Kier molecular flexibility index (Phi) is 13.1. The number of primary amides is 1. The Morgan fingerprint density at radius 1 is 0.825 bits per heavy atom. The summed E-state index contributed by atoms with van der Waals surface area (Å²) in [6.07, 6.45) is -1.40. The summed E-state index contributed by atoms with van der Waals surface area (Å²) in [6.45, 7) is 10.0. The first-order valence-electron chi connectivity index (χ1n) is 12.9. The highest BCUT2D eigenvalue weighted by Crippen LogP contribution is 2.09. The van der Waals surface area contributed by atoms with Crippen molar-refractivity contribution in [3.8, 4) is 0 Å². The molecular weight excluding hydrogens is 522 g/mol. The van der Waals surface area contributed by atoms with Crippen molar-refractivity contribution in [3.05, 3.63) is 35.9 Å². The first-order chi connectivity index (χ1) is 18.5. The Morgan fingerprint density at radius 3 is 1.85 bits per heavy atom. The van der Waals surface area contributed by atoms with Gasteiger partial charge in [-0.25, -0.2) is 4.79 Å². The van der Waals surface area contributed by atoms with E-state index in [4.69, 9.17) is 10.5 Å². The zero-order valence-electron chi connectivity index (χ0n) is 23.8. The van der Waals surface area contributed by atoms with E-state index in [-0.39, 0.29) is 18.8 Å². The molecule has 4 atom stereocenters. The van der Waals surface area contributed by atoms with Gasteiger partial charge in [-0.1, -0.05) is 44.2 Å². The van der Waals surface area contributed by atoms with Crippen LogP contribution in [0, 0.1) is 5.92 Å². The van der Waals surface area contributed by atoms with Gasteiger partial charge >= 0.3 is 12.1 Å². The van der Waals surface area contributed by atoms with E-state index in [2.05, 4.69) is 21.3 Å². The highest BCUT2D eigenvalue weighted by Gasteiger charge is 2.32. The molecule has 0 saturated heterocycles. The second-order valence-corrected chi connectivity index (χ2v) is 10.9. The Bertz CT molecular complexity index is 1050. The van der Waals surface area contributed by atoms with Crippen LogP contribution in [0.4, 0.5) is 4.79 Å². The molecule has 0 aliphatic heterocycles. The van der Waals surface area contributed by atoms with Gasteiger partial charge in [-0.15, -0.1) is 0 Å². The summed E-state index contributed by atoms with van der Waals surface area (Å²) in [5.74, 6) is -4.73. The number of amides is 5. The van der Waals surface area contributed by atoms with Gasteiger partial charge in [0.2, 0.25) is 23.6 Å². The summed E-state index contributed by atoms with van der Waals surface area (Å²) >= 11 is 0. The number of ether oxygens (including phenoxy) is 1. The Balaban J connectivity index is 3.00. The molecule has 40 heavy (non-hydrogen) atoms. The number of alkyl carbamates (subject to hydrolysis) is 1. The Hall–Kier alpha value is -4.16. The summed E-state index contributed by atoms with van der Waals surface area (Å²) in [5, 5.41) is 19.0. The highest BCUT2D eigenvalue weighted by molar-refractivity contribution is 5.96. The van der Waals surface area contributed by atoms with Crippen LogP contribution in [0.15, 0.2) is 30.3 Å². The van der Waals surface area contributed by atoms with E-state index in [1.807, 2.05) is 0 Å². The lowest BCUT2D eigenvalue weighted by Gasteiger charge is -2.26. The number of carboxylic acid groups (broad SMARTS) is 1. The maximum atomic E-state index is 13.2. The van der Waals surface area contributed by atoms with Crippen LogP contribution in [0.2, 0.25) is 0 Å². The minimum absolute atomic E-state index is 0.0597. The van der Waals surface area contributed by atoms with Crippen molar-refractivity contribution in [1.29, 1.82) is 0 Å². The van der Waals surface area contributed by atoms with Crippen molar-refractivity contribution >= 4 is 35.7 Å². The predicted octanol–water partition coefficient (Wildman–Crippen LogP) is 0.603. The van der Waals surface area contributed by atoms with E-state index in [0.717, 1.165) is 0 Å². The largest absolute Gasteiger partial charge is 0.481 e. The molecule has 5 amide bonds. The molecule has 0 fully saturated rings. The molecule has 0 unspecified atom stereocenters. The molecule has 0 bridgehead atoms. The summed E-state index contributed by atoms with van der Waals surface area (Å²) in [4.78, 5) is 74.4. The van der Waals surface area contributed by atoms with E-state index in [9.17, 15) is 33.9 Å². The van der Waals surface area contributed by atoms with Crippen LogP contribution in [0.5, 0.6) is 0 Å². The van der Waals surface area contributed by atoms with E-state index in [1.54, 1.807) is 65.0 Å². The second-order valence-electron chi connectivity index (χ2n) is 10.9. The van der Waals surface area contributed by atoms with Gasteiger partial charge in [-0.05, 0) is 45.6 Å². The summed E-state index contributed by atoms with van der Waals surface area (Å²) in [5.41, 5.74) is 5.37. The zero-order chi connectivity index (χ0) is 30.6. The topological polar surface area (TPSA) is 206 Å². The molecular formula is C27H41N5O8. The third-order valence-electron chi connectivity index (χ3n) is 5.42. The molecule has 0 aromatic heterocycles. The van der Waals surface area contributed by atoms with Crippen LogP contribution < -0.4 is 27.0 Å². The van der Waals surface area contributed by atoms with Crippen molar-refractivity contribution in [2.75, 3.05) is 0 Å². The Morgan fingerprint density at radius 2 is 1.35 bits per heavy atom. The number of carbonyl (C=O) groups excluding carboxylic acids is 5. The van der Waals surface area contributed by atoms with Crippen LogP contribution >= 0.6 is 0 Å². The van der Waals surface area contributed by atoms with Crippen LogP contribution in [0.1, 0.15) is 59.9 Å².